The van der Waals surface area contributed by atoms with Gasteiger partial charge in [0.15, 0.2) is 0 Å². The average molecular weight is 316 g/mol. The molecular weight excluding hydrogens is 296 g/mol. The second kappa shape index (κ2) is 8.14. The Hall–Kier alpha value is -2.60. The third-order valence-corrected chi connectivity index (χ3v) is 3.20. The van der Waals surface area contributed by atoms with Gasteiger partial charge in [-0.3, -0.25) is 9.59 Å². The minimum absolute atomic E-state index is 0.00682. The zero-order valence-electron chi connectivity index (χ0n) is 12.9. The molecule has 0 radical (unpaired) electrons. The van der Waals surface area contributed by atoms with Gasteiger partial charge in [0.2, 0.25) is 5.56 Å². The number of aromatic nitrogens is 1. The number of carbonyl (C=O) groups excluding carboxylic acids is 1. The number of aliphatic hydroxyl groups is 1. The van der Waals surface area contributed by atoms with Crippen LogP contribution in [0, 0.1) is 0 Å². The van der Waals surface area contributed by atoms with Crippen LogP contribution in [0.5, 0.6) is 5.75 Å². The quantitative estimate of drug-likeness (QED) is 0.724. The van der Waals surface area contributed by atoms with Gasteiger partial charge in [0.25, 0.3) is 5.91 Å². The SMILES string of the molecule is CCCOc1ccc(C(=O)NCC(O)c2cccc(=O)[nH]2)cc1. The van der Waals surface area contributed by atoms with Crippen molar-refractivity contribution in [2.75, 3.05) is 13.2 Å². The molecule has 1 aromatic carbocycles. The van der Waals surface area contributed by atoms with Crippen molar-refractivity contribution >= 4 is 5.91 Å². The van der Waals surface area contributed by atoms with Gasteiger partial charge in [-0.05, 0) is 36.8 Å². The number of benzene rings is 1. The summed E-state index contributed by atoms with van der Waals surface area (Å²) in [4.78, 5) is 25.8. The lowest BCUT2D eigenvalue weighted by Crippen LogP contribution is -2.29. The molecular formula is C17H20N2O4. The molecule has 0 aliphatic heterocycles. The monoisotopic (exact) mass is 316 g/mol. The number of aliphatic hydroxyl groups excluding tert-OH is 1. The fourth-order valence-electron chi connectivity index (χ4n) is 1.98. The molecule has 0 fully saturated rings. The standard InChI is InChI=1S/C17H20N2O4/c1-2-10-23-13-8-6-12(7-9-13)17(22)18-11-15(20)14-4-3-5-16(21)19-14/h3-9,15,20H,2,10-11H2,1H3,(H,18,22)(H,19,21). The van der Waals surface area contributed by atoms with Crippen LogP contribution in [0.3, 0.4) is 0 Å². The molecule has 1 aromatic heterocycles. The van der Waals surface area contributed by atoms with Crippen molar-refractivity contribution in [2.45, 2.75) is 19.4 Å². The van der Waals surface area contributed by atoms with Crippen LogP contribution < -0.4 is 15.6 Å². The van der Waals surface area contributed by atoms with Crippen LogP contribution in [0.25, 0.3) is 0 Å². The largest absolute Gasteiger partial charge is 0.494 e. The summed E-state index contributed by atoms with van der Waals surface area (Å²) < 4.78 is 5.45. The third kappa shape index (κ3) is 4.96. The van der Waals surface area contributed by atoms with E-state index < -0.39 is 6.10 Å². The van der Waals surface area contributed by atoms with Crippen molar-refractivity contribution < 1.29 is 14.6 Å². The Labute approximate surface area is 134 Å². The van der Waals surface area contributed by atoms with E-state index in [-0.39, 0.29) is 18.0 Å². The maximum Gasteiger partial charge on any atom is 0.251 e. The number of H-pyrrole nitrogens is 1. The van der Waals surface area contributed by atoms with E-state index in [0.29, 0.717) is 23.6 Å². The van der Waals surface area contributed by atoms with E-state index in [1.165, 1.54) is 6.07 Å². The Morgan fingerprint density at radius 3 is 2.65 bits per heavy atom. The predicted octanol–water partition coefficient (Wildman–Crippen LogP) is 1.63. The van der Waals surface area contributed by atoms with Crippen LogP contribution in [0.4, 0.5) is 0 Å². The van der Waals surface area contributed by atoms with Gasteiger partial charge in [0, 0.05) is 23.9 Å². The molecule has 1 atom stereocenters. The first-order valence-corrected chi connectivity index (χ1v) is 7.48. The topological polar surface area (TPSA) is 91.4 Å². The smallest absolute Gasteiger partial charge is 0.251 e. The van der Waals surface area contributed by atoms with Gasteiger partial charge < -0.3 is 20.1 Å². The molecule has 0 bridgehead atoms. The summed E-state index contributed by atoms with van der Waals surface area (Å²) in [6.07, 6.45) is -0.0539. The second-order valence-electron chi connectivity index (χ2n) is 5.07. The number of hydrogen-bond acceptors (Lipinski definition) is 4. The number of pyridine rings is 1. The Bertz CT molecular complexity index is 694. The maximum absolute atomic E-state index is 12.0. The van der Waals surface area contributed by atoms with Crippen molar-refractivity contribution in [1.29, 1.82) is 0 Å². The Morgan fingerprint density at radius 1 is 1.26 bits per heavy atom. The Kier molecular flexibility index (Phi) is 5.94. The summed E-state index contributed by atoms with van der Waals surface area (Å²) in [6, 6.07) is 11.3. The summed E-state index contributed by atoms with van der Waals surface area (Å²) >= 11 is 0. The lowest BCUT2D eigenvalue weighted by molar-refractivity contribution is 0.0914. The molecule has 0 aliphatic rings. The fourth-order valence-corrected chi connectivity index (χ4v) is 1.98. The van der Waals surface area contributed by atoms with E-state index in [2.05, 4.69) is 10.3 Å². The highest BCUT2D eigenvalue weighted by molar-refractivity contribution is 5.94. The number of aromatic amines is 1. The highest BCUT2D eigenvalue weighted by Crippen LogP contribution is 2.13. The first-order chi connectivity index (χ1) is 11.1. The van der Waals surface area contributed by atoms with E-state index in [1.54, 1.807) is 36.4 Å². The molecule has 2 rings (SSSR count). The second-order valence-corrected chi connectivity index (χ2v) is 5.07. The molecule has 0 saturated carbocycles. The Balaban J connectivity index is 1.90. The highest BCUT2D eigenvalue weighted by Gasteiger charge is 2.11. The van der Waals surface area contributed by atoms with Crippen LogP contribution in [-0.4, -0.2) is 29.1 Å². The van der Waals surface area contributed by atoms with Crippen LogP contribution in [-0.2, 0) is 0 Å². The zero-order chi connectivity index (χ0) is 16.7. The zero-order valence-corrected chi connectivity index (χ0v) is 12.9. The lowest BCUT2D eigenvalue weighted by atomic mass is 10.2. The van der Waals surface area contributed by atoms with Crippen molar-refractivity contribution in [3.05, 3.63) is 64.1 Å². The van der Waals surface area contributed by atoms with Crippen LogP contribution in [0.2, 0.25) is 0 Å². The number of amides is 1. The molecule has 23 heavy (non-hydrogen) atoms. The normalized spacial score (nSPS) is 11.7. The number of carbonyl (C=O) groups is 1. The lowest BCUT2D eigenvalue weighted by Gasteiger charge is -2.12. The van der Waals surface area contributed by atoms with E-state index in [0.717, 1.165) is 6.42 Å². The summed E-state index contributed by atoms with van der Waals surface area (Å²) in [5, 5.41) is 12.6. The molecule has 0 aliphatic carbocycles. The van der Waals surface area contributed by atoms with E-state index in [4.69, 9.17) is 4.74 Å². The van der Waals surface area contributed by atoms with Gasteiger partial charge >= 0.3 is 0 Å². The maximum atomic E-state index is 12.0. The number of rotatable bonds is 7. The number of nitrogens with one attached hydrogen (secondary N) is 2. The van der Waals surface area contributed by atoms with Gasteiger partial charge in [0.05, 0.1) is 6.61 Å². The molecule has 2 aromatic rings. The third-order valence-electron chi connectivity index (χ3n) is 3.20. The van der Waals surface area contributed by atoms with Gasteiger partial charge in [0.1, 0.15) is 11.9 Å². The van der Waals surface area contributed by atoms with E-state index in [1.807, 2.05) is 6.92 Å². The minimum Gasteiger partial charge on any atom is -0.494 e. The molecule has 0 saturated heterocycles. The average Bonchev–Trinajstić information content (AvgIpc) is 2.58. The van der Waals surface area contributed by atoms with E-state index in [9.17, 15) is 14.7 Å². The van der Waals surface area contributed by atoms with E-state index >= 15 is 0 Å². The van der Waals surface area contributed by atoms with Crippen LogP contribution in [0.15, 0.2) is 47.3 Å². The molecule has 1 heterocycles. The van der Waals surface area contributed by atoms with Crippen molar-refractivity contribution in [1.82, 2.24) is 10.3 Å². The first-order valence-electron chi connectivity index (χ1n) is 7.48. The number of hydrogen-bond donors (Lipinski definition) is 3. The van der Waals surface area contributed by atoms with Gasteiger partial charge in [-0.1, -0.05) is 13.0 Å². The fraction of sp³-hybridized carbons (Fsp3) is 0.294. The predicted molar refractivity (Wildman–Crippen MR) is 86.6 cm³/mol. The summed E-state index contributed by atoms with van der Waals surface area (Å²) in [5.41, 5.74) is 0.541. The molecule has 6 heteroatoms. The van der Waals surface area contributed by atoms with Crippen molar-refractivity contribution in [2.24, 2.45) is 0 Å². The Morgan fingerprint density at radius 2 is 2.00 bits per heavy atom. The molecule has 1 amide bonds. The molecule has 3 N–H and O–H groups in total. The summed E-state index contributed by atoms with van der Waals surface area (Å²) in [7, 11) is 0. The molecule has 0 spiro atoms. The van der Waals surface area contributed by atoms with Gasteiger partial charge in [-0.15, -0.1) is 0 Å². The molecule has 122 valence electrons. The summed E-state index contributed by atoms with van der Waals surface area (Å²) in [6.45, 7) is 2.66. The molecule has 6 nitrogen and oxygen atoms in total. The highest BCUT2D eigenvalue weighted by atomic mass is 16.5. The summed E-state index contributed by atoms with van der Waals surface area (Å²) in [5.74, 6) is 0.412. The van der Waals surface area contributed by atoms with Crippen LogP contribution in [0.1, 0.15) is 35.5 Å². The van der Waals surface area contributed by atoms with Gasteiger partial charge in [-0.2, -0.15) is 0 Å². The first kappa shape index (κ1) is 16.8. The van der Waals surface area contributed by atoms with Gasteiger partial charge in [-0.25, -0.2) is 0 Å². The minimum atomic E-state index is -0.972. The van der Waals surface area contributed by atoms with Crippen LogP contribution >= 0.6 is 0 Å². The van der Waals surface area contributed by atoms with Crippen molar-refractivity contribution in [3.8, 4) is 5.75 Å². The number of ether oxygens (including phenoxy) is 1. The van der Waals surface area contributed by atoms with Crippen molar-refractivity contribution in [3.63, 3.8) is 0 Å². The molecule has 1 unspecified atom stereocenters.